The quantitative estimate of drug-likeness (QED) is 0.885. The summed E-state index contributed by atoms with van der Waals surface area (Å²) >= 11 is 6.20. The zero-order valence-corrected chi connectivity index (χ0v) is 10.8. The second kappa shape index (κ2) is 4.59. The molecule has 1 aliphatic heterocycles. The third-order valence-corrected chi connectivity index (χ3v) is 3.48. The fourth-order valence-corrected chi connectivity index (χ4v) is 2.65. The number of nitrogens with zero attached hydrogens (tertiary/aromatic N) is 2. The Morgan fingerprint density at radius 1 is 1.53 bits per heavy atom. The summed E-state index contributed by atoms with van der Waals surface area (Å²) in [6, 6.07) is 5.27. The van der Waals surface area contributed by atoms with Crippen LogP contribution >= 0.6 is 11.6 Å². The molecule has 0 bridgehead atoms. The number of carboxylic acid groups (broad SMARTS) is 1. The molecule has 19 heavy (non-hydrogen) atoms. The van der Waals surface area contributed by atoms with Crippen molar-refractivity contribution in [2.75, 3.05) is 13.1 Å². The zero-order chi connectivity index (χ0) is 13.4. The molecule has 0 fully saturated rings. The predicted molar refractivity (Wildman–Crippen MR) is 74.4 cm³/mol. The van der Waals surface area contributed by atoms with Gasteiger partial charge in [-0.15, -0.1) is 0 Å². The van der Waals surface area contributed by atoms with E-state index in [0.29, 0.717) is 17.0 Å². The van der Waals surface area contributed by atoms with Gasteiger partial charge in [0.1, 0.15) is 5.84 Å². The molecule has 3 rings (SSSR count). The SMILES string of the molecule is O=C(O)n1cc(CC2=NCCN2)c2c(Cl)cccc21. The third-order valence-electron chi connectivity index (χ3n) is 3.16. The van der Waals surface area contributed by atoms with Crippen molar-refractivity contribution >= 4 is 34.4 Å². The average Bonchev–Trinajstić information content (AvgIpc) is 2.98. The van der Waals surface area contributed by atoms with Crippen molar-refractivity contribution in [2.45, 2.75) is 6.42 Å². The van der Waals surface area contributed by atoms with E-state index in [1.54, 1.807) is 24.4 Å². The number of aromatic nitrogens is 1. The Morgan fingerprint density at radius 2 is 2.37 bits per heavy atom. The summed E-state index contributed by atoms with van der Waals surface area (Å²) in [4.78, 5) is 15.6. The van der Waals surface area contributed by atoms with Crippen LogP contribution in [0, 0.1) is 0 Å². The van der Waals surface area contributed by atoms with Crippen molar-refractivity contribution in [1.82, 2.24) is 9.88 Å². The van der Waals surface area contributed by atoms with Crippen LogP contribution in [-0.2, 0) is 6.42 Å². The minimum Gasteiger partial charge on any atom is -0.464 e. The Morgan fingerprint density at radius 3 is 3.05 bits per heavy atom. The minimum atomic E-state index is -1.01. The number of carbonyl (C=O) groups is 1. The Hall–Kier alpha value is -2.01. The van der Waals surface area contributed by atoms with Crippen molar-refractivity contribution in [3.63, 3.8) is 0 Å². The molecule has 2 aromatic rings. The second-order valence-electron chi connectivity index (χ2n) is 4.37. The van der Waals surface area contributed by atoms with Gasteiger partial charge in [-0.3, -0.25) is 9.56 Å². The number of aliphatic imine (C=N–C) groups is 1. The van der Waals surface area contributed by atoms with Gasteiger partial charge in [0, 0.05) is 24.5 Å². The van der Waals surface area contributed by atoms with Gasteiger partial charge in [0.15, 0.2) is 0 Å². The minimum absolute atomic E-state index is 0.561. The average molecular weight is 278 g/mol. The Balaban J connectivity index is 2.15. The Bertz CT molecular complexity index is 690. The molecular formula is C13H12ClN3O2. The first kappa shape index (κ1) is 12.0. The van der Waals surface area contributed by atoms with E-state index >= 15 is 0 Å². The molecular weight excluding hydrogens is 266 g/mol. The fraction of sp³-hybridized carbons (Fsp3) is 0.231. The highest BCUT2D eigenvalue weighted by Gasteiger charge is 2.17. The molecule has 1 aromatic heterocycles. The van der Waals surface area contributed by atoms with Crippen molar-refractivity contribution in [1.29, 1.82) is 0 Å². The lowest BCUT2D eigenvalue weighted by Gasteiger charge is -2.02. The molecule has 98 valence electrons. The van der Waals surface area contributed by atoms with Gasteiger partial charge >= 0.3 is 6.09 Å². The Kier molecular flexibility index (Phi) is 2.91. The van der Waals surface area contributed by atoms with Gasteiger partial charge in [-0.1, -0.05) is 17.7 Å². The summed E-state index contributed by atoms with van der Waals surface area (Å²) in [7, 11) is 0. The van der Waals surface area contributed by atoms with Crippen molar-refractivity contribution in [3.8, 4) is 0 Å². The summed E-state index contributed by atoms with van der Waals surface area (Å²) in [6.45, 7) is 1.60. The lowest BCUT2D eigenvalue weighted by atomic mass is 10.1. The molecule has 5 nitrogen and oxygen atoms in total. The number of hydrogen-bond donors (Lipinski definition) is 2. The molecule has 0 saturated carbocycles. The van der Waals surface area contributed by atoms with E-state index in [9.17, 15) is 9.90 Å². The van der Waals surface area contributed by atoms with E-state index in [4.69, 9.17) is 11.6 Å². The zero-order valence-electron chi connectivity index (χ0n) is 10.1. The third kappa shape index (κ3) is 2.06. The van der Waals surface area contributed by atoms with E-state index in [-0.39, 0.29) is 0 Å². The van der Waals surface area contributed by atoms with Crippen LogP contribution in [0.5, 0.6) is 0 Å². The monoisotopic (exact) mass is 277 g/mol. The van der Waals surface area contributed by atoms with Gasteiger partial charge in [-0.25, -0.2) is 4.79 Å². The van der Waals surface area contributed by atoms with Crippen LogP contribution in [-0.4, -0.2) is 34.7 Å². The first-order valence-electron chi connectivity index (χ1n) is 5.96. The van der Waals surface area contributed by atoms with Gasteiger partial charge in [0.25, 0.3) is 0 Å². The maximum absolute atomic E-state index is 11.3. The molecule has 0 radical (unpaired) electrons. The molecule has 0 amide bonds. The van der Waals surface area contributed by atoms with Gasteiger partial charge in [0.2, 0.25) is 0 Å². The van der Waals surface area contributed by atoms with Crippen LogP contribution in [0.25, 0.3) is 10.9 Å². The summed E-state index contributed by atoms with van der Waals surface area (Å²) in [5, 5.41) is 13.7. The molecule has 0 aliphatic carbocycles. The van der Waals surface area contributed by atoms with Crippen molar-refractivity contribution in [2.24, 2.45) is 4.99 Å². The largest absolute Gasteiger partial charge is 0.464 e. The van der Waals surface area contributed by atoms with E-state index in [2.05, 4.69) is 10.3 Å². The van der Waals surface area contributed by atoms with Crippen molar-refractivity contribution < 1.29 is 9.90 Å². The highest BCUT2D eigenvalue weighted by atomic mass is 35.5. The molecule has 0 spiro atoms. The smallest absolute Gasteiger partial charge is 0.416 e. The Labute approximate surface area is 114 Å². The van der Waals surface area contributed by atoms with Crippen LogP contribution < -0.4 is 5.32 Å². The van der Waals surface area contributed by atoms with E-state index in [1.165, 1.54) is 4.57 Å². The number of rotatable bonds is 2. The van der Waals surface area contributed by atoms with E-state index in [0.717, 1.165) is 29.9 Å². The predicted octanol–water partition coefficient (Wildman–Crippen LogP) is 2.37. The number of hydrogen-bond acceptors (Lipinski definition) is 3. The highest BCUT2D eigenvalue weighted by molar-refractivity contribution is 6.36. The second-order valence-corrected chi connectivity index (χ2v) is 4.78. The molecule has 0 saturated heterocycles. The van der Waals surface area contributed by atoms with Gasteiger partial charge in [0.05, 0.1) is 17.1 Å². The van der Waals surface area contributed by atoms with Gasteiger partial charge in [-0.2, -0.15) is 0 Å². The van der Waals surface area contributed by atoms with Crippen LogP contribution in [0.1, 0.15) is 5.56 Å². The van der Waals surface area contributed by atoms with E-state index in [1.807, 2.05) is 0 Å². The molecule has 6 heteroatoms. The lowest BCUT2D eigenvalue weighted by Crippen LogP contribution is -2.20. The fourth-order valence-electron chi connectivity index (χ4n) is 2.36. The first-order chi connectivity index (χ1) is 9.16. The molecule has 0 atom stereocenters. The van der Waals surface area contributed by atoms with E-state index < -0.39 is 6.09 Å². The molecule has 2 N–H and O–H groups in total. The maximum atomic E-state index is 11.3. The standard InChI is InChI=1S/C13H12ClN3O2/c14-9-2-1-3-10-12(9)8(7-17(10)13(18)19)6-11-15-4-5-16-11/h1-3,7H,4-6H2,(H,15,16)(H,18,19). The number of fused-ring (bicyclic) bond motifs is 1. The van der Waals surface area contributed by atoms with Gasteiger partial charge < -0.3 is 10.4 Å². The first-order valence-corrected chi connectivity index (χ1v) is 6.33. The molecule has 0 unspecified atom stereocenters. The number of halogens is 1. The van der Waals surface area contributed by atoms with Crippen molar-refractivity contribution in [3.05, 3.63) is 35.0 Å². The van der Waals surface area contributed by atoms with Crippen LogP contribution in [0.4, 0.5) is 4.79 Å². The summed E-state index contributed by atoms with van der Waals surface area (Å²) < 4.78 is 1.20. The lowest BCUT2D eigenvalue weighted by molar-refractivity contribution is 0.197. The summed E-state index contributed by atoms with van der Waals surface area (Å²) in [5.74, 6) is 0.879. The number of nitrogens with one attached hydrogen (secondary N) is 1. The van der Waals surface area contributed by atoms with Crippen LogP contribution in [0.3, 0.4) is 0 Å². The maximum Gasteiger partial charge on any atom is 0.416 e. The summed E-state index contributed by atoms with van der Waals surface area (Å²) in [6.07, 6.45) is 1.17. The highest BCUT2D eigenvalue weighted by Crippen LogP contribution is 2.29. The molecule has 1 aromatic carbocycles. The molecule has 2 heterocycles. The topological polar surface area (TPSA) is 66.6 Å². The molecule has 1 aliphatic rings. The van der Waals surface area contributed by atoms with Gasteiger partial charge in [-0.05, 0) is 17.7 Å². The van der Waals surface area contributed by atoms with Crippen LogP contribution in [0.2, 0.25) is 5.02 Å². The summed E-state index contributed by atoms with van der Waals surface area (Å²) in [5.41, 5.74) is 1.48. The normalized spacial score (nSPS) is 14.5. The number of amidine groups is 1. The number of benzene rings is 1. The van der Waals surface area contributed by atoms with Crippen LogP contribution in [0.15, 0.2) is 29.4 Å².